The van der Waals surface area contributed by atoms with Crippen LogP contribution in [-0.4, -0.2) is 11.9 Å². The average molecular weight is 355 g/mol. The van der Waals surface area contributed by atoms with Gasteiger partial charge in [-0.3, -0.25) is 4.79 Å². The Morgan fingerprint density at radius 2 is 2.00 bits per heavy atom. The van der Waals surface area contributed by atoms with E-state index in [0.717, 1.165) is 25.0 Å². The zero-order valence-corrected chi connectivity index (χ0v) is 13.1. The Bertz CT molecular complexity index is 551. The molecule has 0 aliphatic heterocycles. The fourth-order valence-corrected chi connectivity index (χ4v) is 2.76. The van der Waals surface area contributed by atoms with Gasteiger partial charge in [0.05, 0.1) is 5.56 Å². The van der Waals surface area contributed by atoms with Gasteiger partial charge < -0.3 is 11.1 Å². The molecule has 0 spiro atoms. The van der Waals surface area contributed by atoms with Gasteiger partial charge in [0.15, 0.2) is 0 Å². The number of amides is 1. The highest BCUT2D eigenvalue weighted by Crippen LogP contribution is 2.32. The summed E-state index contributed by atoms with van der Waals surface area (Å²) < 4.78 is 51.6. The van der Waals surface area contributed by atoms with Gasteiger partial charge in [0.1, 0.15) is 5.82 Å². The van der Waals surface area contributed by atoms with Crippen molar-refractivity contribution in [3.63, 3.8) is 0 Å². The number of halogens is 5. The van der Waals surface area contributed by atoms with Crippen molar-refractivity contribution in [3.8, 4) is 0 Å². The molecule has 2 atom stereocenters. The topological polar surface area (TPSA) is 55.1 Å². The summed E-state index contributed by atoms with van der Waals surface area (Å²) in [5, 5.41) is 2.50. The Labute approximate surface area is 138 Å². The molecule has 130 valence electrons. The van der Waals surface area contributed by atoms with E-state index in [1.807, 2.05) is 0 Å². The number of hydrogen-bond donors (Lipinski definition) is 2. The first-order valence-electron chi connectivity index (χ1n) is 7.16. The maximum Gasteiger partial charge on any atom is 0.416 e. The first kappa shape index (κ1) is 19.7. The van der Waals surface area contributed by atoms with E-state index in [-0.39, 0.29) is 42.4 Å². The molecule has 1 aromatic carbocycles. The minimum atomic E-state index is -4.66. The molecule has 0 aromatic heterocycles. The van der Waals surface area contributed by atoms with Crippen LogP contribution in [0.25, 0.3) is 0 Å². The number of carbonyl (C=O) groups is 1. The molecule has 0 heterocycles. The normalized spacial score (nSPS) is 21.4. The van der Waals surface area contributed by atoms with Crippen molar-refractivity contribution in [1.82, 2.24) is 5.32 Å². The maximum atomic E-state index is 13.0. The van der Waals surface area contributed by atoms with Crippen molar-refractivity contribution in [1.29, 1.82) is 0 Å². The van der Waals surface area contributed by atoms with Gasteiger partial charge in [-0.15, -0.1) is 12.4 Å². The van der Waals surface area contributed by atoms with Crippen molar-refractivity contribution < 1.29 is 22.4 Å². The van der Waals surface area contributed by atoms with Crippen molar-refractivity contribution in [2.45, 2.75) is 44.4 Å². The van der Waals surface area contributed by atoms with E-state index in [1.165, 1.54) is 0 Å². The lowest BCUT2D eigenvalue weighted by Crippen LogP contribution is -2.37. The zero-order valence-electron chi connectivity index (χ0n) is 12.3. The number of benzene rings is 1. The van der Waals surface area contributed by atoms with Crippen molar-refractivity contribution in [3.05, 3.63) is 35.1 Å². The second kappa shape index (κ2) is 7.97. The minimum Gasteiger partial charge on any atom is -0.352 e. The summed E-state index contributed by atoms with van der Waals surface area (Å²) in [6.45, 7) is -0.278. The molecule has 1 aliphatic rings. The molecule has 0 radical (unpaired) electrons. The van der Waals surface area contributed by atoms with E-state index in [9.17, 15) is 22.4 Å². The average Bonchev–Trinajstić information content (AvgIpc) is 2.44. The number of nitrogens with one attached hydrogen (secondary N) is 1. The van der Waals surface area contributed by atoms with E-state index < -0.39 is 17.6 Å². The first-order valence-corrected chi connectivity index (χ1v) is 7.16. The van der Waals surface area contributed by atoms with Crippen LogP contribution in [0.1, 0.15) is 36.8 Å². The summed E-state index contributed by atoms with van der Waals surface area (Å²) in [6, 6.07) is 2.40. The molecule has 2 unspecified atom stereocenters. The van der Waals surface area contributed by atoms with E-state index >= 15 is 0 Å². The molecular weight excluding hydrogens is 336 g/mol. The van der Waals surface area contributed by atoms with Gasteiger partial charge in [0, 0.05) is 18.5 Å². The molecule has 2 rings (SSSR count). The molecule has 0 saturated heterocycles. The van der Waals surface area contributed by atoms with Crippen LogP contribution in [0.3, 0.4) is 0 Å². The number of carbonyl (C=O) groups excluding carboxylic acids is 1. The summed E-state index contributed by atoms with van der Waals surface area (Å²) >= 11 is 0. The molecule has 1 saturated carbocycles. The van der Waals surface area contributed by atoms with Gasteiger partial charge in [0.25, 0.3) is 0 Å². The fraction of sp³-hybridized carbons (Fsp3) is 0.533. The molecule has 1 aliphatic carbocycles. The molecule has 1 amide bonds. The van der Waals surface area contributed by atoms with Gasteiger partial charge in [-0.25, -0.2) is 4.39 Å². The number of hydrogen-bond acceptors (Lipinski definition) is 2. The second-order valence-electron chi connectivity index (χ2n) is 5.64. The van der Waals surface area contributed by atoms with Crippen LogP contribution < -0.4 is 11.1 Å². The minimum absolute atomic E-state index is 0. The maximum absolute atomic E-state index is 13.0. The molecule has 8 heteroatoms. The van der Waals surface area contributed by atoms with E-state index in [4.69, 9.17) is 5.73 Å². The highest BCUT2D eigenvalue weighted by atomic mass is 35.5. The SMILES string of the molecule is Cl.NC1CCCC(C(=O)NCc2ccc(F)cc2C(F)(F)F)C1. The van der Waals surface area contributed by atoms with Crippen LogP contribution in [0.4, 0.5) is 17.6 Å². The highest BCUT2D eigenvalue weighted by molar-refractivity contribution is 5.85. The molecule has 0 bridgehead atoms. The third-order valence-electron chi connectivity index (χ3n) is 3.92. The van der Waals surface area contributed by atoms with Crippen LogP contribution >= 0.6 is 12.4 Å². The van der Waals surface area contributed by atoms with Crippen molar-refractivity contribution in [2.24, 2.45) is 11.7 Å². The summed E-state index contributed by atoms with van der Waals surface area (Å²) in [5.41, 5.74) is 4.59. The first-order chi connectivity index (χ1) is 10.3. The van der Waals surface area contributed by atoms with Crippen LogP contribution in [0.2, 0.25) is 0 Å². The van der Waals surface area contributed by atoms with E-state index in [1.54, 1.807) is 0 Å². The van der Waals surface area contributed by atoms with Crippen LogP contribution in [0.5, 0.6) is 0 Å². The molecule has 1 fully saturated rings. The number of nitrogens with two attached hydrogens (primary N) is 1. The van der Waals surface area contributed by atoms with E-state index in [0.29, 0.717) is 18.9 Å². The molecule has 3 nitrogen and oxygen atoms in total. The second-order valence-corrected chi connectivity index (χ2v) is 5.64. The van der Waals surface area contributed by atoms with Gasteiger partial charge in [0.2, 0.25) is 5.91 Å². The fourth-order valence-electron chi connectivity index (χ4n) is 2.76. The Morgan fingerprint density at radius 1 is 1.30 bits per heavy atom. The highest BCUT2D eigenvalue weighted by Gasteiger charge is 2.34. The van der Waals surface area contributed by atoms with Gasteiger partial charge in [-0.2, -0.15) is 13.2 Å². The number of alkyl halides is 3. The molecule has 23 heavy (non-hydrogen) atoms. The van der Waals surface area contributed by atoms with Gasteiger partial charge in [-0.1, -0.05) is 12.5 Å². The van der Waals surface area contributed by atoms with Crippen molar-refractivity contribution >= 4 is 18.3 Å². The quantitative estimate of drug-likeness (QED) is 0.817. The lowest BCUT2D eigenvalue weighted by molar-refractivity contribution is -0.138. The Balaban J connectivity index is 0.00000264. The van der Waals surface area contributed by atoms with Gasteiger partial charge >= 0.3 is 6.18 Å². The third kappa shape index (κ3) is 5.35. The van der Waals surface area contributed by atoms with E-state index in [2.05, 4.69) is 5.32 Å². The lowest BCUT2D eigenvalue weighted by Gasteiger charge is -2.25. The summed E-state index contributed by atoms with van der Waals surface area (Å²) in [5.74, 6) is -1.52. The predicted molar refractivity (Wildman–Crippen MR) is 80.4 cm³/mol. The van der Waals surface area contributed by atoms with Crippen molar-refractivity contribution in [2.75, 3.05) is 0 Å². The Kier molecular flexibility index (Phi) is 6.83. The molecule has 1 aromatic rings. The zero-order chi connectivity index (χ0) is 16.3. The molecule has 3 N–H and O–H groups in total. The summed E-state index contributed by atoms with van der Waals surface area (Å²) in [4.78, 5) is 12.0. The summed E-state index contributed by atoms with van der Waals surface area (Å²) in [7, 11) is 0. The smallest absolute Gasteiger partial charge is 0.352 e. The Morgan fingerprint density at radius 3 is 2.61 bits per heavy atom. The largest absolute Gasteiger partial charge is 0.416 e. The predicted octanol–water partition coefficient (Wildman–Crippen LogP) is 3.40. The van der Waals surface area contributed by atoms with Crippen LogP contribution in [0.15, 0.2) is 18.2 Å². The number of rotatable bonds is 3. The standard InChI is InChI=1S/C15H18F4N2O.ClH/c16-11-5-4-10(13(7-11)15(17,18)19)8-21-14(22)9-2-1-3-12(20)6-9;/h4-5,7,9,12H,1-3,6,8,20H2,(H,21,22);1H. The lowest BCUT2D eigenvalue weighted by atomic mass is 9.85. The van der Waals surface area contributed by atoms with Crippen LogP contribution in [-0.2, 0) is 17.5 Å². The summed E-state index contributed by atoms with van der Waals surface area (Å²) in [6.07, 6.45) is -1.73. The Hall–Kier alpha value is -1.34. The molecular formula is C15H19ClF4N2O. The van der Waals surface area contributed by atoms with Gasteiger partial charge in [-0.05, 0) is 37.0 Å². The van der Waals surface area contributed by atoms with Crippen LogP contribution in [0, 0.1) is 11.7 Å². The monoisotopic (exact) mass is 354 g/mol. The third-order valence-corrected chi connectivity index (χ3v) is 3.92.